The zero-order chi connectivity index (χ0) is 12.9. The zero-order valence-corrected chi connectivity index (χ0v) is 10.8. The van der Waals surface area contributed by atoms with Gasteiger partial charge < -0.3 is 10.4 Å². The molecule has 0 aromatic carbocycles. The Bertz CT molecular complexity index is 304. The van der Waals surface area contributed by atoms with Crippen LogP contribution in [-0.2, 0) is 4.79 Å². The minimum absolute atomic E-state index is 0.0693. The molecule has 0 aromatic rings. The molecule has 1 amide bonds. The first-order chi connectivity index (χ1) is 8.08. The van der Waals surface area contributed by atoms with Crippen LogP contribution in [0.5, 0.6) is 0 Å². The predicted octanol–water partition coefficient (Wildman–Crippen LogP) is 1.60. The quantitative estimate of drug-likeness (QED) is 0.738. The summed E-state index contributed by atoms with van der Waals surface area (Å²) in [6.45, 7) is 4.54. The Morgan fingerprint density at radius 3 is 2.35 bits per heavy atom. The average Bonchev–Trinajstić information content (AvgIpc) is 2.31. The summed E-state index contributed by atoms with van der Waals surface area (Å²) in [5, 5.41) is 21.3. The molecule has 96 valence electrons. The van der Waals surface area contributed by atoms with E-state index in [0.29, 0.717) is 19.4 Å². The van der Waals surface area contributed by atoms with Crippen LogP contribution < -0.4 is 5.32 Å². The lowest BCUT2D eigenvalue weighted by atomic mass is 9.69. The maximum Gasteiger partial charge on any atom is 0.240 e. The fraction of sp³-hybridized carbons (Fsp3) is 0.846. The summed E-state index contributed by atoms with van der Waals surface area (Å²) in [4.78, 5) is 12.0. The lowest BCUT2D eigenvalue weighted by Gasteiger charge is -2.36. The van der Waals surface area contributed by atoms with Crippen molar-refractivity contribution in [3.8, 4) is 6.07 Å². The largest absolute Gasteiger partial charge is 0.396 e. The fourth-order valence-electron chi connectivity index (χ4n) is 2.14. The number of rotatable bonds is 6. The number of hydrogen-bond donors (Lipinski definition) is 2. The number of aliphatic hydroxyl groups is 1. The Labute approximate surface area is 103 Å². The average molecular weight is 238 g/mol. The predicted molar refractivity (Wildman–Crippen MR) is 65.0 cm³/mol. The van der Waals surface area contributed by atoms with Gasteiger partial charge in [-0.2, -0.15) is 5.26 Å². The van der Waals surface area contributed by atoms with E-state index in [1.165, 1.54) is 0 Å². The Kier molecular flexibility index (Phi) is 4.53. The highest BCUT2D eigenvalue weighted by atomic mass is 16.3. The van der Waals surface area contributed by atoms with Gasteiger partial charge in [-0.3, -0.25) is 4.79 Å². The maximum absolute atomic E-state index is 12.0. The lowest BCUT2D eigenvalue weighted by Crippen LogP contribution is -2.48. The molecule has 0 heterocycles. The first-order valence-corrected chi connectivity index (χ1v) is 6.38. The second-order valence-corrected chi connectivity index (χ2v) is 5.10. The van der Waals surface area contributed by atoms with Crippen LogP contribution >= 0.6 is 0 Å². The standard InChI is InChI=1S/C13H22N2O2/c1-3-12(4-2,10-16)9-15-11(17)13(8-14)6-5-7-13/h16H,3-7,9-10H2,1-2H3,(H,15,17). The van der Waals surface area contributed by atoms with Crippen LogP contribution in [0.15, 0.2) is 0 Å². The highest BCUT2D eigenvalue weighted by Crippen LogP contribution is 2.40. The van der Waals surface area contributed by atoms with E-state index in [9.17, 15) is 9.90 Å². The first-order valence-electron chi connectivity index (χ1n) is 6.38. The van der Waals surface area contributed by atoms with Gasteiger partial charge in [0.05, 0.1) is 12.7 Å². The number of nitrogens with one attached hydrogen (secondary N) is 1. The number of carbonyl (C=O) groups excluding carboxylic acids is 1. The van der Waals surface area contributed by atoms with Gasteiger partial charge in [-0.15, -0.1) is 0 Å². The van der Waals surface area contributed by atoms with E-state index in [0.717, 1.165) is 19.3 Å². The van der Waals surface area contributed by atoms with Gasteiger partial charge in [-0.1, -0.05) is 13.8 Å². The molecule has 0 saturated heterocycles. The van der Waals surface area contributed by atoms with E-state index >= 15 is 0 Å². The van der Waals surface area contributed by atoms with Gasteiger partial charge in [0.15, 0.2) is 0 Å². The molecule has 0 aliphatic heterocycles. The molecule has 1 saturated carbocycles. The van der Waals surface area contributed by atoms with Crippen LogP contribution in [0.1, 0.15) is 46.0 Å². The maximum atomic E-state index is 12.0. The van der Waals surface area contributed by atoms with Crippen LogP contribution in [0.3, 0.4) is 0 Å². The van der Waals surface area contributed by atoms with Crippen LogP contribution in [-0.4, -0.2) is 24.2 Å². The van der Waals surface area contributed by atoms with Crippen molar-refractivity contribution in [3.63, 3.8) is 0 Å². The monoisotopic (exact) mass is 238 g/mol. The van der Waals surface area contributed by atoms with Crippen molar-refractivity contribution in [3.05, 3.63) is 0 Å². The Morgan fingerprint density at radius 1 is 1.47 bits per heavy atom. The molecule has 0 atom stereocenters. The second kappa shape index (κ2) is 5.50. The highest BCUT2D eigenvalue weighted by Gasteiger charge is 2.45. The lowest BCUT2D eigenvalue weighted by molar-refractivity contribution is -0.132. The molecule has 0 unspecified atom stereocenters. The smallest absolute Gasteiger partial charge is 0.240 e. The topological polar surface area (TPSA) is 73.1 Å². The summed E-state index contributed by atoms with van der Waals surface area (Å²) in [6.07, 6.45) is 3.92. The van der Waals surface area contributed by atoms with Gasteiger partial charge in [0, 0.05) is 12.0 Å². The van der Waals surface area contributed by atoms with Crippen LogP contribution in [0.2, 0.25) is 0 Å². The Hall–Kier alpha value is -1.08. The Morgan fingerprint density at radius 2 is 2.06 bits per heavy atom. The van der Waals surface area contributed by atoms with E-state index in [4.69, 9.17) is 5.26 Å². The van der Waals surface area contributed by atoms with Crippen molar-refractivity contribution in [2.45, 2.75) is 46.0 Å². The van der Waals surface area contributed by atoms with E-state index in [2.05, 4.69) is 11.4 Å². The molecular formula is C13H22N2O2. The molecule has 0 radical (unpaired) electrons. The summed E-state index contributed by atoms with van der Waals surface area (Å²) in [5.74, 6) is -0.161. The summed E-state index contributed by atoms with van der Waals surface area (Å²) in [7, 11) is 0. The van der Waals surface area contributed by atoms with Gasteiger partial charge in [-0.25, -0.2) is 0 Å². The molecule has 0 aromatic heterocycles. The van der Waals surface area contributed by atoms with Crippen molar-refractivity contribution in [2.24, 2.45) is 10.8 Å². The molecule has 1 aliphatic carbocycles. The summed E-state index contributed by atoms with van der Waals surface area (Å²) >= 11 is 0. The molecule has 1 fully saturated rings. The van der Waals surface area contributed by atoms with Gasteiger partial charge in [0.2, 0.25) is 5.91 Å². The van der Waals surface area contributed by atoms with Crippen molar-refractivity contribution < 1.29 is 9.90 Å². The third-order valence-corrected chi connectivity index (χ3v) is 4.32. The summed E-state index contributed by atoms with van der Waals surface area (Å²) in [5.41, 5.74) is -1.03. The van der Waals surface area contributed by atoms with Crippen LogP contribution in [0, 0.1) is 22.2 Å². The van der Waals surface area contributed by atoms with E-state index in [1.807, 2.05) is 13.8 Å². The van der Waals surface area contributed by atoms with Crippen LogP contribution in [0.4, 0.5) is 0 Å². The summed E-state index contributed by atoms with van der Waals surface area (Å²) in [6, 6.07) is 2.13. The van der Waals surface area contributed by atoms with Crippen LogP contribution in [0.25, 0.3) is 0 Å². The fourth-order valence-corrected chi connectivity index (χ4v) is 2.14. The minimum Gasteiger partial charge on any atom is -0.396 e. The normalized spacial score (nSPS) is 18.0. The molecular weight excluding hydrogens is 216 g/mol. The molecule has 1 aliphatic rings. The van der Waals surface area contributed by atoms with Crippen molar-refractivity contribution in [2.75, 3.05) is 13.2 Å². The summed E-state index contributed by atoms with van der Waals surface area (Å²) < 4.78 is 0. The highest BCUT2D eigenvalue weighted by molar-refractivity contribution is 5.86. The third kappa shape index (κ3) is 2.61. The Balaban J connectivity index is 2.56. The molecule has 4 nitrogen and oxygen atoms in total. The van der Waals surface area contributed by atoms with E-state index in [-0.39, 0.29) is 17.9 Å². The molecule has 2 N–H and O–H groups in total. The van der Waals surface area contributed by atoms with Crippen molar-refractivity contribution in [1.29, 1.82) is 5.26 Å². The number of carbonyl (C=O) groups is 1. The number of hydrogen-bond acceptors (Lipinski definition) is 3. The molecule has 1 rings (SSSR count). The first kappa shape index (κ1) is 14.0. The van der Waals surface area contributed by atoms with Gasteiger partial charge in [0.25, 0.3) is 0 Å². The molecule has 17 heavy (non-hydrogen) atoms. The SMILES string of the molecule is CCC(CC)(CO)CNC(=O)C1(C#N)CCC1. The third-order valence-electron chi connectivity index (χ3n) is 4.32. The zero-order valence-electron chi connectivity index (χ0n) is 10.8. The minimum atomic E-state index is -0.789. The van der Waals surface area contributed by atoms with E-state index in [1.54, 1.807) is 0 Å². The number of amides is 1. The van der Waals surface area contributed by atoms with Gasteiger partial charge in [0.1, 0.15) is 5.41 Å². The number of nitrogens with zero attached hydrogens (tertiary/aromatic N) is 1. The van der Waals surface area contributed by atoms with E-state index < -0.39 is 5.41 Å². The molecule has 0 bridgehead atoms. The van der Waals surface area contributed by atoms with Crippen molar-refractivity contribution in [1.82, 2.24) is 5.32 Å². The van der Waals surface area contributed by atoms with Crippen molar-refractivity contribution >= 4 is 5.91 Å². The molecule has 4 heteroatoms. The second-order valence-electron chi connectivity index (χ2n) is 5.10. The number of aliphatic hydroxyl groups excluding tert-OH is 1. The van der Waals surface area contributed by atoms with Gasteiger partial charge in [-0.05, 0) is 32.1 Å². The number of nitriles is 1. The molecule has 0 spiro atoms. The van der Waals surface area contributed by atoms with Gasteiger partial charge >= 0.3 is 0 Å².